The first-order chi connectivity index (χ1) is 8.75. The topological polar surface area (TPSA) is 47.9 Å². The highest BCUT2D eigenvalue weighted by Crippen LogP contribution is 2.11. The molecule has 0 amide bonds. The monoisotopic (exact) mass is 267 g/mol. The van der Waals surface area contributed by atoms with Crippen LogP contribution in [0.3, 0.4) is 0 Å². The Morgan fingerprint density at radius 3 is 2.67 bits per heavy atom. The molecule has 1 saturated heterocycles. The van der Waals surface area contributed by atoms with Crippen LogP contribution in [0.5, 0.6) is 0 Å². The molecule has 1 aromatic rings. The summed E-state index contributed by atoms with van der Waals surface area (Å²) in [6.07, 6.45) is 3.03. The molecule has 0 saturated carbocycles. The summed E-state index contributed by atoms with van der Waals surface area (Å²) in [5.74, 6) is 0. The van der Waals surface area contributed by atoms with Gasteiger partial charge in [0, 0.05) is 12.6 Å². The minimum absolute atomic E-state index is 0.121. The second-order valence-corrected chi connectivity index (χ2v) is 5.28. The fourth-order valence-electron chi connectivity index (χ4n) is 1.62. The minimum Gasteiger partial charge on any atom is -0.350 e. The van der Waals surface area contributed by atoms with Gasteiger partial charge in [0.25, 0.3) is 0 Å². The highest BCUT2D eigenvalue weighted by molar-refractivity contribution is 7.83. The van der Waals surface area contributed by atoms with Crippen LogP contribution < -0.4 is 0 Å². The molecule has 0 N–H and O–H groups in total. The maximum atomic E-state index is 11.8. The van der Waals surface area contributed by atoms with E-state index in [2.05, 4.69) is 4.40 Å². The van der Waals surface area contributed by atoms with Crippen LogP contribution in [-0.4, -0.2) is 29.9 Å². The summed E-state index contributed by atoms with van der Waals surface area (Å²) < 4.78 is 26.4. The average molecular weight is 267 g/mol. The molecule has 1 aliphatic rings. The zero-order valence-corrected chi connectivity index (χ0v) is 11.2. The van der Waals surface area contributed by atoms with Gasteiger partial charge in [-0.15, -0.1) is 0 Å². The van der Waals surface area contributed by atoms with Gasteiger partial charge in [-0.1, -0.05) is 17.7 Å². The first kappa shape index (κ1) is 13.4. The fraction of sp³-hybridized carbons (Fsp3) is 0.462. The van der Waals surface area contributed by atoms with Crippen LogP contribution in [0.4, 0.5) is 0 Å². The lowest BCUT2D eigenvalue weighted by atomic mass is 10.2. The molecule has 1 unspecified atom stereocenters. The van der Waals surface area contributed by atoms with E-state index in [1.54, 1.807) is 6.21 Å². The molecule has 2 rings (SSSR count). The Morgan fingerprint density at radius 1 is 1.33 bits per heavy atom. The van der Waals surface area contributed by atoms with E-state index in [9.17, 15) is 4.21 Å². The van der Waals surface area contributed by atoms with Crippen LogP contribution in [0.15, 0.2) is 33.6 Å². The van der Waals surface area contributed by atoms with Crippen molar-refractivity contribution < 1.29 is 13.7 Å². The second kappa shape index (κ2) is 6.78. The van der Waals surface area contributed by atoms with Crippen LogP contribution in [0.2, 0.25) is 0 Å². The van der Waals surface area contributed by atoms with Gasteiger partial charge in [0.15, 0.2) is 17.3 Å². The Balaban J connectivity index is 1.77. The first-order valence-electron chi connectivity index (χ1n) is 6.00. The van der Waals surface area contributed by atoms with Crippen molar-refractivity contribution >= 4 is 17.2 Å². The van der Waals surface area contributed by atoms with Gasteiger partial charge in [-0.3, -0.25) is 0 Å². The molecule has 1 aliphatic heterocycles. The Hall–Kier alpha value is -1.04. The number of benzene rings is 1. The van der Waals surface area contributed by atoms with Crippen LogP contribution in [0.1, 0.15) is 18.4 Å². The SMILES string of the molecule is Cc1ccc(S(=O)/N=C/CCC2OCCO2)cc1. The molecule has 1 heterocycles. The lowest BCUT2D eigenvalue weighted by Gasteiger charge is -2.05. The number of hydrogen-bond donors (Lipinski definition) is 0. The number of nitrogens with zero attached hydrogens (tertiary/aromatic N) is 1. The van der Waals surface area contributed by atoms with Crippen molar-refractivity contribution in [2.45, 2.75) is 31.0 Å². The highest BCUT2D eigenvalue weighted by atomic mass is 32.2. The quantitative estimate of drug-likeness (QED) is 0.769. The van der Waals surface area contributed by atoms with Crippen molar-refractivity contribution in [2.24, 2.45) is 4.40 Å². The standard InChI is InChI=1S/C13H17NO3S/c1-11-4-6-12(7-5-11)18(15)14-8-2-3-13-16-9-10-17-13/h4-8,13H,2-3,9-10H2,1H3/b14-8+. The lowest BCUT2D eigenvalue weighted by molar-refractivity contribution is -0.0448. The number of aryl methyl sites for hydroxylation is 1. The molecule has 1 aromatic carbocycles. The Labute approximate surface area is 110 Å². The lowest BCUT2D eigenvalue weighted by Crippen LogP contribution is -2.06. The van der Waals surface area contributed by atoms with E-state index < -0.39 is 11.0 Å². The Bertz CT molecular complexity index is 424. The van der Waals surface area contributed by atoms with E-state index in [0.717, 1.165) is 16.9 Å². The molecule has 4 nitrogen and oxygen atoms in total. The summed E-state index contributed by atoms with van der Waals surface area (Å²) >= 11 is 0. The van der Waals surface area contributed by atoms with Crippen molar-refractivity contribution in [1.29, 1.82) is 0 Å². The summed E-state index contributed by atoms with van der Waals surface area (Å²) in [7, 11) is -1.31. The summed E-state index contributed by atoms with van der Waals surface area (Å²) in [6, 6.07) is 7.55. The summed E-state index contributed by atoms with van der Waals surface area (Å²) in [5.41, 5.74) is 1.15. The molecule has 5 heteroatoms. The Morgan fingerprint density at radius 2 is 2.00 bits per heavy atom. The van der Waals surface area contributed by atoms with Crippen molar-refractivity contribution in [3.8, 4) is 0 Å². The van der Waals surface area contributed by atoms with E-state index >= 15 is 0 Å². The molecule has 0 bridgehead atoms. The van der Waals surface area contributed by atoms with Gasteiger partial charge < -0.3 is 9.47 Å². The molecule has 18 heavy (non-hydrogen) atoms. The molecule has 1 fully saturated rings. The van der Waals surface area contributed by atoms with E-state index in [1.807, 2.05) is 31.2 Å². The number of ether oxygens (including phenoxy) is 2. The van der Waals surface area contributed by atoms with E-state index in [0.29, 0.717) is 19.6 Å². The van der Waals surface area contributed by atoms with Gasteiger partial charge in [-0.05, 0) is 25.5 Å². The summed E-state index contributed by atoms with van der Waals surface area (Å²) in [4.78, 5) is 0.727. The van der Waals surface area contributed by atoms with Gasteiger partial charge in [0.2, 0.25) is 0 Å². The van der Waals surface area contributed by atoms with Crippen LogP contribution >= 0.6 is 0 Å². The van der Waals surface area contributed by atoms with E-state index in [-0.39, 0.29) is 6.29 Å². The molecule has 0 aliphatic carbocycles. The summed E-state index contributed by atoms with van der Waals surface area (Å²) in [6.45, 7) is 3.33. The molecular weight excluding hydrogens is 250 g/mol. The van der Waals surface area contributed by atoms with Gasteiger partial charge in [0.1, 0.15) is 0 Å². The molecule has 0 aromatic heterocycles. The normalized spacial score (nSPS) is 18.5. The van der Waals surface area contributed by atoms with Gasteiger partial charge >= 0.3 is 0 Å². The van der Waals surface area contributed by atoms with E-state index in [1.165, 1.54) is 0 Å². The predicted octanol–water partition coefficient (Wildman–Crippen LogP) is 2.24. The molecule has 1 atom stereocenters. The van der Waals surface area contributed by atoms with Crippen LogP contribution in [-0.2, 0) is 20.5 Å². The Kier molecular flexibility index (Phi) is 5.04. The molecular formula is C13H17NO3S. The van der Waals surface area contributed by atoms with E-state index in [4.69, 9.17) is 9.47 Å². The maximum absolute atomic E-state index is 11.8. The van der Waals surface area contributed by atoms with Gasteiger partial charge in [-0.25, -0.2) is 4.21 Å². The number of hydrogen-bond acceptors (Lipinski definition) is 3. The van der Waals surface area contributed by atoms with Crippen molar-refractivity contribution in [1.82, 2.24) is 0 Å². The third kappa shape index (κ3) is 4.01. The summed E-state index contributed by atoms with van der Waals surface area (Å²) in [5, 5.41) is 0. The molecule has 0 radical (unpaired) electrons. The van der Waals surface area contributed by atoms with Crippen molar-refractivity contribution in [3.63, 3.8) is 0 Å². The van der Waals surface area contributed by atoms with Gasteiger partial charge in [0.05, 0.1) is 18.1 Å². The first-order valence-corrected chi connectivity index (χ1v) is 7.10. The van der Waals surface area contributed by atoms with Crippen LogP contribution in [0.25, 0.3) is 0 Å². The minimum atomic E-state index is -1.31. The highest BCUT2D eigenvalue weighted by Gasteiger charge is 2.14. The average Bonchev–Trinajstić information content (AvgIpc) is 2.88. The zero-order chi connectivity index (χ0) is 12.8. The van der Waals surface area contributed by atoms with Crippen LogP contribution in [0, 0.1) is 6.92 Å². The smallest absolute Gasteiger partial charge is 0.172 e. The van der Waals surface area contributed by atoms with Gasteiger partial charge in [-0.2, -0.15) is 4.40 Å². The fourth-order valence-corrected chi connectivity index (χ4v) is 2.35. The van der Waals surface area contributed by atoms with Crippen molar-refractivity contribution in [3.05, 3.63) is 29.8 Å². The molecule has 0 spiro atoms. The zero-order valence-electron chi connectivity index (χ0n) is 10.4. The predicted molar refractivity (Wildman–Crippen MR) is 71.0 cm³/mol. The second-order valence-electron chi connectivity index (χ2n) is 4.10. The maximum Gasteiger partial charge on any atom is 0.172 e. The third-order valence-electron chi connectivity index (χ3n) is 2.62. The number of rotatable bonds is 5. The van der Waals surface area contributed by atoms with Crippen molar-refractivity contribution in [2.75, 3.05) is 13.2 Å². The largest absolute Gasteiger partial charge is 0.350 e. The molecule has 98 valence electrons. The third-order valence-corrected chi connectivity index (χ3v) is 3.63.